The van der Waals surface area contributed by atoms with Gasteiger partial charge in [0, 0.05) is 0 Å². The Morgan fingerprint density at radius 1 is 1.30 bits per heavy atom. The monoisotopic (exact) mass is 131 g/mol. The Morgan fingerprint density at radius 2 is 1.90 bits per heavy atom. The van der Waals surface area contributed by atoms with Crippen molar-refractivity contribution in [3.8, 4) is 0 Å². The topological polar surface area (TPSA) is 0 Å². The molecule has 0 heterocycles. The number of allylic oxidation sites excluding steroid dienone is 2. The second-order valence-electron chi connectivity index (χ2n) is 2.25. The van der Waals surface area contributed by atoms with Crippen LogP contribution in [0.15, 0.2) is 36.4 Å². The molecule has 0 aliphatic carbocycles. The largest absolute Gasteiger partial charge is 0.0807 e. The molecule has 1 aromatic rings. The fraction of sp³-hybridized carbons (Fsp3) is 0.100. The summed E-state index contributed by atoms with van der Waals surface area (Å²) in [4.78, 5) is 0. The quantitative estimate of drug-likeness (QED) is 0.549. The highest BCUT2D eigenvalue weighted by Crippen LogP contribution is 2.11. The van der Waals surface area contributed by atoms with Crippen molar-refractivity contribution in [2.75, 3.05) is 0 Å². The van der Waals surface area contributed by atoms with E-state index in [2.05, 4.69) is 26.0 Å². The fourth-order valence-electron chi connectivity index (χ4n) is 0.819. The first-order valence-corrected chi connectivity index (χ1v) is 3.36. The van der Waals surface area contributed by atoms with Gasteiger partial charge in [-0.3, -0.25) is 0 Å². The minimum Gasteiger partial charge on any atom is -0.0807 e. The van der Waals surface area contributed by atoms with Crippen LogP contribution < -0.4 is 0 Å². The van der Waals surface area contributed by atoms with Gasteiger partial charge in [0.15, 0.2) is 0 Å². The third kappa shape index (κ3) is 1.47. The molecule has 0 atom stereocenters. The van der Waals surface area contributed by atoms with E-state index in [1.54, 1.807) is 0 Å². The van der Waals surface area contributed by atoms with Crippen molar-refractivity contribution in [1.82, 2.24) is 0 Å². The molecule has 0 bridgehead atoms. The first-order valence-electron chi connectivity index (χ1n) is 3.36. The molecule has 0 unspecified atom stereocenters. The van der Waals surface area contributed by atoms with E-state index >= 15 is 0 Å². The molecule has 10 heavy (non-hydrogen) atoms. The molecule has 1 aromatic carbocycles. The summed E-state index contributed by atoms with van der Waals surface area (Å²) in [5.74, 6) is 0. The average Bonchev–Trinajstić information content (AvgIpc) is 2.05. The Morgan fingerprint density at radius 3 is 2.40 bits per heavy atom. The molecular weight excluding hydrogens is 120 g/mol. The minimum atomic E-state index is 1.22. The van der Waals surface area contributed by atoms with Crippen LogP contribution in [0.3, 0.4) is 0 Å². The first-order chi connectivity index (χ1) is 4.84. The lowest BCUT2D eigenvalue weighted by Gasteiger charge is -1.97. The summed E-state index contributed by atoms with van der Waals surface area (Å²) >= 11 is 0. The summed E-state index contributed by atoms with van der Waals surface area (Å²) in [6, 6.07) is 10.2. The van der Waals surface area contributed by atoms with Crippen molar-refractivity contribution < 1.29 is 0 Å². The Balaban J connectivity index is 2.96. The van der Waals surface area contributed by atoms with Gasteiger partial charge in [-0.25, -0.2) is 0 Å². The average molecular weight is 131 g/mol. The van der Waals surface area contributed by atoms with Crippen LogP contribution in [0, 0.1) is 6.92 Å². The van der Waals surface area contributed by atoms with Gasteiger partial charge in [0.25, 0.3) is 0 Å². The smallest absolute Gasteiger partial charge is 0.0231 e. The first kappa shape index (κ1) is 7.07. The molecule has 1 rings (SSSR count). The summed E-state index contributed by atoms with van der Waals surface area (Å²) in [7, 11) is 0. The van der Waals surface area contributed by atoms with E-state index in [9.17, 15) is 0 Å². The van der Waals surface area contributed by atoms with E-state index in [1.807, 2.05) is 24.3 Å². The minimum absolute atomic E-state index is 1.22. The highest BCUT2D eigenvalue weighted by Gasteiger charge is 1.88. The summed E-state index contributed by atoms with van der Waals surface area (Å²) < 4.78 is 0. The van der Waals surface area contributed by atoms with E-state index < -0.39 is 0 Å². The maximum Gasteiger partial charge on any atom is -0.0231 e. The Labute approximate surface area is 62.2 Å². The zero-order chi connectivity index (χ0) is 7.40. The Hall–Kier alpha value is -1.04. The molecule has 51 valence electrons. The van der Waals surface area contributed by atoms with Crippen LogP contribution in [0.2, 0.25) is 0 Å². The van der Waals surface area contributed by atoms with Crippen LogP contribution in [0.5, 0.6) is 0 Å². The lowest BCUT2D eigenvalue weighted by molar-refractivity contribution is 1.57. The standard InChI is InChI=1S/C10H11/c1-3-9(2)10-7-5-4-6-8-10/h3-8H,1H2,2H3/b9-3-. The van der Waals surface area contributed by atoms with Gasteiger partial charge >= 0.3 is 0 Å². The van der Waals surface area contributed by atoms with E-state index in [-0.39, 0.29) is 0 Å². The Kier molecular flexibility index (Phi) is 2.27. The summed E-state index contributed by atoms with van der Waals surface area (Å²) in [5, 5.41) is 0. The number of benzene rings is 1. The maximum atomic E-state index is 3.70. The normalized spacial score (nSPS) is 11.6. The SMILES string of the molecule is [CH2]/C=C(/C)c1ccccc1. The highest BCUT2D eigenvalue weighted by atomic mass is 13.9. The van der Waals surface area contributed by atoms with Crippen LogP contribution in [-0.2, 0) is 0 Å². The van der Waals surface area contributed by atoms with Gasteiger partial charge in [0.05, 0.1) is 0 Å². The van der Waals surface area contributed by atoms with Crippen LogP contribution in [0.25, 0.3) is 5.57 Å². The van der Waals surface area contributed by atoms with Crippen LogP contribution in [-0.4, -0.2) is 0 Å². The van der Waals surface area contributed by atoms with Gasteiger partial charge in [-0.2, -0.15) is 0 Å². The van der Waals surface area contributed by atoms with Gasteiger partial charge in [-0.05, 0) is 25.0 Å². The van der Waals surface area contributed by atoms with E-state index in [0.29, 0.717) is 0 Å². The second-order valence-corrected chi connectivity index (χ2v) is 2.25. The predicted molar refractivity (Wildman–Crippen MR) is 45.5 cm³/mol. The fourth-order valence-corrected chi connectivity index (χ4v) is 0.819. The van der Waals surface area contributed by atoms with Crippen molar-refractivity contribution in [3.05, 3.63) is 48.9 Å². The molecule has 0 saturated carbocycles. The van der Waals surface area contributed by atoms with Gasteiger partial charge in [-0.1, -0.05) is 36.4 Å². The molecule has 0 aromatic heterocycles. The van der Waals surface area contributed by atoms with E-state index in [0.717, 1.165) is 0 Å². The molecule has 0 nitrogen and oxygen atoms in total. The molecule has 0 aliphatic rings. The lowest BCUT2D eigenvalue weighted by atomic mass is 10.1. The molecular formula is C10H11. The second kappa shape index (κ2) is 3.21. The zero-order valence-electron chi connectivity index (χ0n) is 6.17. The molecule has 0 N–H and O–H groups in total. The predicted octanol–water partition coefficient (Wildman–Crippen LogP) is 2.92. The van der Waals surface area contributed by atoms with Crippen molar-refractivity contribution in [2.24, 2.45) is 0 Å². The van der Waals surface area contributed by atoms with Gasteiger partial charge in [0.1, 0.15) is 0 Å². The van der Waals surface area contributed by atoms with E-state index in [1.165, 1.54) is 11.1 Å². The summed E-state index contributed by atoms with van der Waals surface area (Å²) in [5.41, 5.74) is 2.47. The molecule has 0 amide bonds. The Bertz CT molecular complexity index is 219. The van der Waals surface area contributed by atoms with Crippen molar-refractivity contribution in [1.29, 1.82) is 0 Å². The molecule has 0 aliphatic heterocycles. The van der Waals surface area contributed by atoms with E-state index in [4.69, 9.17) is 0 Å². The highest BCUT2D eigenvalue weighted by molar-refractivity contribution is 5.63. The third-order valence-electron chi connectivity index (χ3n) is 1.54. The third-order valence-corrected chi connectivity index (χ3v) is 1.54. The van der Waals surface area contributed by atoms with Crippen LogP contribution >= 0.6 is 0 Å². The molecule has 0 fully saturated rings. The van der Waals surface area contributed by atoms with Gasteiger partial charge in [-0.15, -0.1) is 0 Å². The van der Waals surface area contributed by atoms with Crippen LogP contribution in [0.1, 0.15) is 12.5 Å². The van der Waals surface area contributed by atoms with Crippen molar-refractivity contribution in [3.63, 3.8) is 0 Å². The molecule has 0 spiro atoms. The zero-order valence-corrected chi connectivity index (χ0v) is 6.17. The molecule has 0 saturated heterocycles. The number of hydrogen-bond donors (Lipinski definition) is 0. The van der Waals surface area contributed by atoms with Crippen molar-refractivity contribution >= 4 is 5.57 Å². The number of hydrogen-bond acceptors (Lipinski definition) is 0. The van der Waals surface area contributed by atoms with Crippen molar-refractivity contribution in [2.45, 2.75) is 6.92 Å². The summed E-state index contributed by atoms with van der Waals surface area (Å²) in [6.07, 6.45) is 1.87. The van der Waals surface area contributed by atoms with Crippen LogP contribution in [0.4, 0.5) is 0 Å². The molecule has 1 radical (unpaired) electrons. The van der Waals surface area contributed by atoms with Gasteiger partial charge < -0.3 is 0 Å². The summed E-state index contributed by atoms with van der Waals surface area (Å²) in [6.45, 7) is 5.76. The number of rotatable bonds is 1. The lowest BCUT2D eigenvalue weighted by Crippen LogP contribution is -1.75. The maximum absolute atomic E-state index is 3.70. The molecule has 0 heteroatoms. The van der Waals surface area contributed by atoms with Gasteiger partial charge in [0.2, 0.25) is 0 Å².